The van der Waals surface area contributed by atoms with Crippen LogP contribution in [0.1, 0.15) is 10.4 Å². The van der Waals surface area contributed by atoms with Gasteiger partial charge < -0.3 is 10.7 Å². The largest absolute Gasteiger partial charge is 0.366 e. The van der Waals surface area contributed by atoms with Crippen molar-refractivity contribution in [3.63, 3.8) is 0 Å². The van der Waals surface area contributed by atoms with Crippen molar-refractivity contribution < 1.29 is 9.18 Å². The Morgan fingerprint density at radius 1 is 1.62 bits per heavy atom. The summed E-state index contributed by atoms with van der Waals surface area (Å²) in [6.07, 6.45) is 2.49. The molecule has 0 bridgehead atoms. The van der Waals surface area contributed by atoms with Crippen LogP contribution in [0.5, 0.6) is 0 Å². The van der Waals surface area contributed by atoms with Crippen molar-refractivity contribution >= 4 is 16.9 Å². The fraction of sp³-hybridized carbons (Fsp3) is 0. The maximum atomic E-state index is 12.7. The number of hydrogen-bond donors (Lipinski definition) is 2. The van der Waals surface area contributed by atoms with Crippen molar-refractivity contribution in [3.8, 4) is 0 Å². The normalized spacial score (nSPS) is 10.5. The number of rotatable bonds is 1. The molecule has 0 aliphatic carbocycles. The molecular weight excluding hydrogens is 173 g/mol. The number of aromatic nitrogens is 2. The van der Waals surface area contributed by atoms with E-state index in [-0.39, 0.29) is 5.56 Å². The molecule has 1 amide bonds. The summed E-state index contributed by atoms with van der Waals surface area (Å²) in [5, 5.41) is 0.410. The molecule has 2 heterocycles. The highest BCUT2D eigenvalue weighted by Gasteiger charge is 2.09. The van der Waals surface area contributed by atoms with Crippen LogP contribution in [0.2, 0.25) is 0 Å². The van der Waals surface area contributed by atoms with Gasteiger partial charge in [-0.2, -0.15) is 0 Å². The Kier molecular flexibility index (Phi) is 1.51. The minimum absolute atomic E-state index is 0.252. The Bertz CT molecular complexity index is 477. The molecule has 4 nitrogen and oxygen atoms in total. The van der Waals surface area contributed by atoms with Crippen molar-refractivity contribution in [2.45, 2.75) is 0 Å². The molecule has 0 spiro atoms. The van der Waals surface area contributed by atoms with E-state index in [9.17, 15) is 9.18 Å². The zero-order valence-corrected chi connectivity index (χ0v) is 6.54. The van der Waals surface area contributed by atoms with Crippen LogP contribution in [-0.4, -0.2) is 15.9 Å². The molecule has 2 rings (SSSR count). The minimum atomic E-state index is -0.598. The number of carbonyl (C=O) groups is 1. The number of fused-ring (bicyclic) bond motifs is 1. The van der Waals surface area contributed by atoms with Crippen molar-refractivity contribution in [1.29, 1.82) is 0 Å². The number of nitrogens with zero attached hydrogens (tertiary/aromatic N) is 1. The van der Waals surface area contributed by atoms with Gasteiger partial charge in [0.25, 0.3) is 5.91 Å². The average Bonchev–Trinajstić information content (AvgIpc) is 2.46. The zero-order chi connectivity index (χ0) is 9.42. The van der Waals surface area contributed by atoms with Crippen LogP contribution in [0.3, 0.4) is 0 Å². The summed E-state index contributed by atoms with van der Waals surface area (Å²) in [6.45, 7) is 0. The number of primary amides is 1. The summed E-state index contributed by atoms with van der Waals surface area (Å²) in [5.41, 5.74) is 5.77. The van der Waals surface area contributed by atoms with Gasteiger partial charge >= 0.3 is 0 Å². The molecular formula is C8H6FN3O. The van der Waals surface area contributed by atoms with Crippen LogP contribution in [0.25, 0.3) is 11.0 Å². The fourth-order valence-corrected chi connectivity index (χ4v) is 1.18. The maximum Gasteiger partial charge on any atom is 0.250 e. The third-order valence-corrected chi connectivity index (χ3v) is 1.76. The van der Waals surface area contributed by atoms with E-state index < -0.39 is 11.7 Å². The van der Waals surface area contributed by atoms with Gasteiger partial charge in [-0.3, -0.25) is 4.79 Å². The van der Waals surface area contributed by atoms with E-state index >= 15 is 0 Å². The quantitative estimate of drug-likeness (QED) is 0.679. The van der Waals surface area contributed by atoms with Gasteiger partial charge in [-0.25, -0.2) is 9.37 Å². The molecule has 3 N–H and O–H groups in total. The molecule has 0 atom stereocenters. The summed E-state index contributed by atoms with van der Waals surface area (Å²) < 4.78 is 12.7. The lowest BCUT2D eigenvalue weighted by Crippen LogP contribution is -2.09. The summed E-state index contributed by atoms with van der Waals surface area (Å²) in [5.74, 6) is -1.09. The lowest BCUT2D eigenvalue weighted by Gasteiger charge is -1.91. The van der Waals surface area contributed by atoms with E-state index in [0.717, 1.165) is 6.20 Å². The van der Waals surface area contributed by atoms with Crippen LogP contribution < -0.4 is 5.73 Å². The molecule has 2 aromatic heterocycles. The second kappa shape index (κ2) is 2.55. The van der Waals surface area contributed by atoms with Gasteiger partial charge in [-0.15, -0.1) is 0 Å². The Labute approximate surface area is 72.6 Å². The summed E-state index contributed by atoms with van der Waals surface area (Å²) in [6, 6.07) is 1.22. The molecule has 0 unspecified atom stereocenters. The number of hydrogen-bond acceptors (Lipinski definition) is 2. The maximum absolute atomic E-state index is 12.7. The van der Waals surface area contributed by atoms with E-state index in [1.807, 2.05) is 0 Å². The highest BCUT2D eigenvalue weighted by Crippen LogP contribution is 2.16. The molecule has 5 heteroatoms. The standard InChI is InChI=1S/C8H6FN3O/c9-4-1-5-6(7(10)13)3-12-8(5)11-2-4/h1-3H,(H2,10,13)(H,11,12). The number of amides is 1. The van der Waals surface area contributed by atoms with E-state index in [1.54, 1.807) is 0 Å². The number of pyridine rings is 1. The van der Waals surface area contributed by atoms with E-state index in [1.165, 1.54) is 12.3 Å². The molecule has 66 valence electrons. The van der Waals surface area contributed by atoms with Gasteiger partial charge in [0.2, 0.25) is 0 Å². The number of carbonyl (C=O) groups excluding carboxylic acids is 1. The van der Waals surface area contributed by atoms with Crippen molar-refractivity contribution in [2.75, 3.05) is 0 Å². The van der Waals surface area contributed by atoms with E-state index in [4.69, 9.17) is 5.73 Å². The highest BCUT2D eigenvalue weighted by molar-refractivity contribution is 6.05. The first-order valence-electron chi connectivity index (χ1n) is 3.61. The lowest BCUT2D eigenvalue weighted by atomic mass is 10.2. The average molecular weight is 179 g/mol. The van der Waals surface area contributed by atoms with E-state index in [0.29, 0.717) is 11.0 Å². The minimum Gasteiger partial charge on any atom is -0.366 e. The highest BCUT2D eigenvalue weighted by atomic mass is 19.1. The topological polar surface area (TPSA) is 71.8 Å². The van der Waals surface area contributed by atoms with E-state index in [2.05, 4.69) is 9.97 Å². The molecule has 0 saturated heterocycles. The van der Waals surface area contributed by atoms with Crippen LogP contribution in [-0.2, 0) is 0 Å². The van der Waals surface area contributed by atoms with Crippen LogP contribution in [0.4, 0.5) is 4.39 Å². The zero-order valence-electron chi connectivity index (χ0n) is 6.54. The van der Waals surface area contributed by atoms with Crippen molar-refractivity contribution in [3.05, 3.63) is 29.8 Å². The first-order chi connectivity index (χ1) is 6.18. The summed E-state index contributed by atoms with van der Waals surface area (Å²) in [7, 11) is 0. The number of H-pyrrole nitrogens is 1. The fourth-order valence-electron chi connectivity index (χ4n) is 1.18. The number of aromatic amines is 1. The predicted molar refractivity (Wildman–Crippen MR) is 44.6 cm³/mol. The van der Waals surface area contributed by atoms with Gasteiger partial charge in [-0.05, 0) is 6.07 Å². The molecule has 13 heavy (non-hydrogen) atoms. The monoisotopic (exact) mass is 179 g/mol. The SMILES string of the molecule is NC(=O)c1c[nH]c2ncc(F)cc12. The predicted octanol–water partition coefficient (Wildman–Crippen LogP) is 0.801. The summed E-state index contributed by atoms with van der Waals surface area (Å²) >= 11 is 0. The summed E-state index contributed by atoms with van der Waals surface area (Å²) in [4.78, 5) is 17.3. The first kappa shape index (κ1) is 7.72. The molecule has 2 aromatic rings. The number of nitrogens with two attached hydrogens (primary N) is 1. The van der Waals surface area contributed by atoms with Gasteiger partial charge in [0.1, 0.15) is 11.5 Å². The molecule has 0 aliphatic rings. The van der Waals surface area contributed by atoms with Gasteiger partial charge in [0.05, 0.1) is 11.8 Å². The molecule has 0 saturated carbocycles. The molecule has 0 fully saturated rings. The van der Waals surface area contributed by atoms with Crippen molar-refractivity contribution in [1.82, 2.24) is 9.97 Å². The lowest BCUT2D eigenvalue weighted by molar-refractivity contribution is 0.100. The number of halogens is 1. The molecule has 0 radical (unpaired) electrons. The first-order valence-corrected chi connectivity index (χ1v) is 3.61. The molecule has 0 aromatic carbocycles. The Morgan fingerprint density at radius 2 is 2.38 bits per heavy atom. The van der Waals surface area contributed by atoms with Crippen LogP contribution in [0.15, 0.2) is 18.5 Å². The Morgan fingerprint density at radius 3 is 3.08 bits per heavy atom. The Balaban J connectivity index is 2.79. The van der Waals surface area contributed by atoms with Gasteiger partial charge in [0, 0.05) is 11.6 Å². The number of nitrogens with one attached hydrogen (secondary N) is 1. The van der Waals surface area contributed by atoms with Gasteiger partial charge in [-0.1, -0.05) is 0 Å². The van der Waals surface area contributed by atoms with Crippen LogP contribution in [0, 0.1) is 5.82 Å². The third kappa shape index (κ3) is 1.14. The smallest absolute Gasteiger partial charge is 0.250 e. The van der Waals surface area contributed by atoms with Crippen LogP contribution >= 0.6 is 0 Å². The van der Waals surface area contributed by atoms with Crippen molar-refractivity contribution in [2.24, 2.45) is 5.73 Å². The second-order valence-electron chi connectivity index (χ2n) is 2.62. The third-order valence-electron chi connectivity index (χ3n) is 1.76. The van der Waals surface area contributed by atoms with Gasteiger partial charge in [0.15, 0.2) is 0 Å². The molecule has 0 aliphatic heterocycles. The Hall–Kier alpha value is -1.91. The second-order valence-corrected chi connectivity index (χ2v) is 2.62.